The van der Waals surface area contributed by atoms with Crippen molar-refractivity contribution in [2.75, 3.05) is 5.32 Å². The summed E-state index contributed by atoms with van der Waals surface area (Å²) >= 11 is 0. The van der Waals surface area contributed by atoms with E-state index in [2.05, 4.69) is 14.8 Å². The fourth-order valence-corrected chi connectivity index (χ4v) is 2.58. The first-order valence-electron chi connectivity index (χ1n) is 6.95. The Kier molecular flexibility index (Phi) is 2.90. The van der Waals surface area contributed by atoms with E-state index >= 15 is 0 Å². The number of fused-ring (bicyclic) bond motifs is 2. The Labute approximate surface area is 129 Å². The normalized spacial score (nSPS) is 19.8. The second-order valence-corrected chi connectivity index (χ2v) is 5.24. The van der Waals surface area contributed by atoms with E-state index in [1.54, 1.807) is 6.07 Å². The van der Waals surface area contributed by atoms with Crippen molar-refractivity contribution in [2.45, 2.75) is 18.8 Å². The molecule has 0 aromatic heterocycles. The molecule has 1 amide bonds. The number of rotatable bonds is 2. The van der Waals surface area contributed by atoms with Crippen LogP contribution in [0.5, 0.6) is 17.2 Å². The average molecular weight is 319 g/mol. The summed E-state index contributed by atoms with van der Waals surface area (Å²) < 4.78 is 40.2. The van der Waals surface area contributed by atoms with Crippen molar-refractivity contribution in [1.82, 2.24) is 0 Å². The van der Waals surface area contributed by atoms with Crippen molar-refractivity contribution >= 4 is 11.6 Å². The fourth-order valence-electron chi connectivity index (χ4n) is 2.58. The number of hydrogen-bond acceptors (Lipinski definition) is 4. The largest absolute Gasteiger partial charge is 0.586 e. The number of carbonyl (C=O) groups is 1. The molecule has 0 bridgehead atoms. The van der Waals surface area contributed by atoms with E-state index in [9.17, 15) is 13.6 Å². The van der Waals surface area contributed by atoms with Crippen molar-refractivity contribution in [3.63, 3.8) is 0 Å². The maximum atomic E-state index is 13.0. The van der Waals surface area contributed by atoms with E-state index in [0.717, 1.165) is 5.56 Å². The zero-order valence-electron chi connectivity index (χ0n) is 11.7. The van der Waals surface area contributed by atoms with Gasteiger partial charge in [-0.25, -0.2) is 0 Å². The van der Waals surface area contributed by atoms with E-state index < -0.39 is 12.4 Å². The third kappa shape index (κ3) is 2.54. The zero-order chi connectivity index (χ0) is 16.0. The van der Waals surface area contributed by atoms with E-state index in [4.69, 9.17) is 4.74 Å². The SMILES string of the molecule is O=C(Nc1ccc2c(c1)OC(F)(F)O2)C1Cc2ccccc2O1. The van der Waals surface area contributed by atoms with Crippen LogP contribution in [0.2, 0.25) is 0 Å². The van der Waals surface area contributed by atoms with Gasteiger partial charge in [-0.15, -0.1) is 8.78 Å². The number of ether oxygens (including phenoxy) is 3. The first-order chi connectivity index (χ1) is 11.0. The van der Waals surface area contributed by atoms with Crippen LogP contribution in [0.1, 0.15) is 5.56 Å². The predicted octanol–water partition coefficient (Wildman–Crippen LogP) is 2.95. The Hall–Kier alpha value is -2.83. The van der Waals surface area contributed by atoms with Crippen molar-refractivity contribution in [3.8, 4) is 17.2 Å². The van der Waals surface area contributed by atoms with Crippen LogP contribution in [0, 0.1) is 0 Å². The molecule has 0 saturated carbocycles. The molecule has 0 spiro atoms. The van der Waals surface area contributed by atoms with Crippen LogP contribution in [0.4, 0.5) is 14.5 Å². The molecule has 7 heteroatoms. The van der Waals surface area contributed by atoms with Crippen LogP contribution in [-0.2, 0) is 11.2 Å². The molecule has 1 unspecified atom stereocenters. The maximum Gasteiger partial charge on any atom is 0.586 e. The van der Waals surface area contributed by atoms with Gasteiger partial charge in [-0.3, -0.25) is 4.79 Å². The molecule has 2 aliphatic heterocycles. The molecule has 1 atom stereocenters. The van der Waals surface area contributed by atoms with Crippen LogP contribution < -0.4 is 19.5 Å². The Balaban J connectivity index is 1.47. The van der Waals surface area contributed by atoms with Gasteiger partial charge in [-0.1, -0.05) is 18.2 Å². The van der Waals surface area contributed by atoms with Crippen LogP contribution in [0.25, 0.3) is 0 Å². The average Bonchev–Trinajstić information content (AvgIpc) is 3.05. The summed E-state index contributed by atoms with van der Waals surface area (Å²) in [5.41, 5.74) is 1.28. The van der Waals surface area contributed by atoms with Gasteiger partial charge in [-0.2, -0.15) is 0 Å². The molecule has 5 nitrogen and oxygen atoms in total. The van der Waals surface area contributed by atoms with Crippen molar-refractivity contribution in [1.29, 1.82) is 0 Å². The summed E-state index contributed by atoms with van der Waals surface area (Å²) in [5, 5.41) is 2.63. The summed E-state index contributed by atoms with van der Waals surface area (Å²) in [5.74, 6) is 0.130. The molecule has 4 rings (SSSR count). The van der Waals surface area contributed by atoms with Gasteiger partial charge in [0.2, 0.25) is 0 Å². The highest BCUT2D eigenvalue weighted by molar-refractivity contribution is 5.95. The molecular formula is C16H11F2NO4. The van der Waals surface area contributed by atoms with E-state index in [1.807, 2.05) is 18.2 Å². The molecule has 0 saturated heterocycles. The number of anilines is 1. The molecule has 2 aliphatic rings. The summed E-state index contributed by atoms with van der Waals surface area (Å²) in [6.45, 7) is 0. The highest BCUT2D eigenvalue weighted by atomic mass is 19.3. The highest BCUT2D eigenvalue weighted by Gasteiger charge is 2.43. The molecule has 0 radical (unpaired) electrons. The number of hydrogen-bond donors (Lipinski definition) is 1. The van der Waals surface area contributed by atoms with Crippen molar-refractivity contribution in [2.24, 2.45) is 0 Å². The molecule has 23 heavy (non-hydrogen) atoms. The summed E-state index contributed by atoms with van der Waals surface area (Å²) in [6, 6.07) is 11.5. The molecular weight excluding hydrogens is 308 g/mol. The van der Waals surface area contributed by atoms with Crippen molar-refractivity contribution in [3.05, 3.63) is 48.0 Å². The minimum absolute atomic E-state index is 0.0717. The third-order valence-electron chi connectivity index (χ3n) is 3.61. The number of amides is 1. The molecule has 2 aromatic rings. The number of para-hydroxylation sites is 1. The maximum absolute atomic E-state index is 13.0. The highest BCUT2D eigenvalue weighted by Crippen LogP contribution is 2.42. The fraction of sp³-hybridized carbons (Fsp3) is 0.188. The zero-order valence-corrected chi connectivity index (χ0v) is 11.7. The van der Waals surface area contributed by atoms with Crippen LogP contribution >= 0.6 is 0 Å². The van der Waals surface area contributed by atoms with E-state index in [-0.39, 0.29) is 17.4 Å². The molecule has 2 aromatic carbocycles. The van der Waals surface area contributed by atoms with Gasteiger partial charge in [0.15, 0.2) is 17.6 Å². The summed E-state index contributed by atoms with van der Waals surface area (Å²) in [4.78, 5) is 12.3. The number of alkyl halides is 2. The molecule has 2 heterocycles. The van der Waals surface area contributed by atoms with Gasteiger partial charge in [0.25, 0.3) is 5.91 Å². The smallest absolute Gasteiger partial charge is 0.480 e. The lowest BCUT2D eigenvalue weighted by atomic mass is 10.1. The first kappa shape index (κ1) is 13.8. The Bertz CT molecular complexity index is 768. The Morgan fingerprint density at radius 1 is 1.09 bits per heavy atom. The van der Waals surface area contributed by atoms with E-state index in [0.29, 0.717) is 17.9 Å². The lowest BCUT2D eigenvalue weighted by Crippen LogP contribution is -2.31. The minimum atomic E-state index is -3.68. The third-order valence-corrected chi connectivity index (χ3v) is 3.61. The van der Waals surface area contributed by atoms with E-state index in [1.165, 1.54) is 18.2 Å². The van der Waals surface area contributed by atoms with Gasteiger partial charge in [0.1, 0.15) is 5.75 Å². The standard InChI is InChI=1S/C16H11F2NO4/c17-16(18)22-12-6-5-10(8-13(12)23-16)19-15(20)14-7-9-3-1-2-4-11(9)21-14/h1-6,8,14H,7H2,(H,19,20). The number of carbonyl (C=O) groups excluding carboxylic acids is 1. The minimum Gasteiger partial charge on any atom is -0.480 e. The monoisotopic (exact) mass is 319 g/mol. The second kappa shape index (κ2) is 4.84. The summed E-state index contributed by atoms with van der Waals surface area (Å²) in [7, 11) is 0. The van der Waals surface area contributed by atoms with Gasteiger partial charge >= 0.3 is 6.29 Å². The summed E-state index contributed by atoms with van der Waals surface area (Å²) in [6.07, 6.45) is -3.87. The van der Waals surface area contributed by atoms with Crippen molar-refractivity contribution < 1.29 is 27.8 Å². The number of halogens is 2. The van der Waals surface area contributed by atoms with Gasteiger partial charge in [0.05, 0.1) is 0 Å². The lowest BCUT2D eigenvalue weighted by molar-refractivity contribution is -0.286. The Morgan fingerprint density at radius 2 is 1.87 bits per heavy atom. The first-order valence-corrected chi connectivity index (χ1v) is 6.95. The number of nitrogens with one attached hydrogen (secondary N) is 1. The predicted molar refractivity (Wildman–Crippen MR) is 75.8 cm³/mol. The Morgan fingerprint density at radius 3 is 2.70 bits per heavy atom. The molecule has 0 fully saturated rings. The topological polar surface area (TPSA) is 56.8 Å². The quantitative estimate of drug-likeness (QED) is 0.924. The lowest BCUT2D eigenvalue weighted by Gasteiger charge is -2.11. The second-order valence-electron chi connectivity index (χ2n) is 5.24. The molecule has 0 aliphatic carbocycles. The molecule has 1 N–H and O–H groups in total. The van der Waals surface area contributed by atoms with Gasteiger partial charge < -0.3 is 19.5 Å². The van der Waals surface area contributed by atoms with Gasteiger partial charge in [-0.05, 0) is 23.8 Å². The van der Waals surface area contributed by atoms with Gasteiger partial charge in [0, 0.05) is 18.2 Å². The van der Waals surface area contributed by atoms with Crippen LogP contribution in [-0.4, -0.2) is 18.3 Å². The molecule has 118 valence electrons. The number of benzene rings is 2. The van der Waals surface area contributed by atoms with Crippen LogP contribution in [0.15, 0.2) is 42.5 Å². The van der Waals surface area contributed by atoms with Crippen LogP contribution in [0.3, 0.4) is 0 Å².